The molecule has 0 aliphatic rings. The maximum absolute atomic E-state index is 12.7. The van der Waals surface area contributed by atoms with Crippen molar-refractivity contribution in [3.8, 4) is 5.75 Å². The normalized spacial score (nSPS) is 12.0. The lowest BCUT2D eigenvalue weighted by Gasteiger charge is -2.19. The molecule has 0 aliphatic heterocycles. The SMILES string of the molecule is Cc1n[nH]c(C)c1CNC(=O)C[C@@H](c1cccc(O)c1)c1ccccc1Cl. The zero-order chi connectivity index (χ0) is 19.4. The summed E-state index contributed by atoms with van der Waals surface area (Å²) >= 11 is 6.39. The predicted molar refractivity (Wildman–Crippen MR) is 106 cm³/mol. The Hall–Kier alpha value is -2.79. The topological polar surface area (TPSA) is 78.0 Å². The average Bonchev–Trinajstić information content (AvgIpc) is 2.96. The minimum absolute atomic E-state index is 0.0942. The number of H-pyrrole nitrogens is 1. The number of nitrogens with zero attached hydrogens (tertiary/aromatic N) is 1. The van der Waals surface area contributed by atoms with Crippen molar-refractivity contribution in [1.29, 1.82) is 0 Å². The number of phenols is 1. The van der Waals surface area contributed by atoms with Crippen LogP contribution >= 0.6 is 11.6 Å². The Bertz CT molecular complexity index is 933. The molecule has 1 atom stereocenters. The minimum atomic E-state index is -0.252. The third-order valence-electron chi connectivity index (χ3n) is 4.69. The molecule has 0 aliphatic carbocycles. The number of amides is 1. The van der Waals surface area contributed by atoms with E-state index >= 15 is 0 Å². The number of aryl methyl sites for hydroxylation is 2. The van der Waals surface area contributed by atoms with Gasteiger partial charge in [0.25, 0.3) is 0 Å². The molecule has 27 heavy (non-hydrogen) atoms. The quantitative estimate of drug-likeness (QED) is 0.596. The molecule has 6 heteroatoms. The highest BCUT2D eigenvalue weighted by Gasteiger charge is 2.21. The first-order chi connectivity index (χ1) is 13.0. The number of carbonyl (C=O) groups is 1. The number of benzene rings is 2. The smallest absolute Gasteiger partial charge is 0.221 e. The van der Waals surface area contributed by atoms with Crippen molar-refractivity contribution in [2.45, 2.75) is 32.7 Å². The summed E-state index contributed by atoms with van der Waals surface area (Å²) in [7, 11) is 0. The van der Waals surface area contributed by atoms with Gasteiger partial charge in [0.2, 0.25) is 5.91 Å². The molecule has 3 N–H and O–H groups in total. The number of hydrogen-bond acceptors (Lipinski definition) is 3. The molecule has 0 radical (unpaired) electrons. The van der Waals surface area contributed by atoms with Gasteiger partial charge < -0.3 is 10.4 Å². The summed E-state index contributed by atoms with van der Waals surface area (Å²) in [6, 6.07) is 14.4. The third kappa shape index (κ3) is 4.49. The molecule has 3 aromatic rings. The monoisotopic (exact) mass is 383 g/mol. The van der Waals surface area contributed by atoms with Gasteiger partial charge in [0.05, 0.1) is 5.69 Å². The maximum atomic E-state index is 12.7. The summed E-state index contributed by atoms with van der Waals surface area (Å²) in [5.41, 5.74) is 4.52. The van der Waals surface area contributed by atoms with E-state index in [-0.39, 0.29) is 24.0 Å². The van der Waals surface area contributed by atoms with Crippen LogP contribution in [0, 0.1) is 13.8 Å². The summed E-state index contributed by atoms with van der Waals surface area (Å²) in [6.07, 6.45) is 0.225. The molecular formula is C21H22ClN3O2. The molecule has 2 aromatic carbocycles. The van der Waals surface area contributed by atoms with E-state index in [1.165, 1.54) is 0 Å². The van der Waals surface area contributed by atoms with Crippen molar-refractivity contribution in [3.63, 3.8) is 0 Å². The van der Waals surface area contributed by atoms with Crippen LogP contribution in [0.4, 0.5) is 0 Å². The molecule has 0 saturated carbocycles. The van der Waals surface area contributed by atoms with Crippen molar-refractivity contribution in [2.75, 3.05) is 0 Å². The molecule has 0 fully saturated rings. The molecule has 1 heterocycles. The molecule has 0 saturated heterocycles. The largest absolute Gasteiger partial charge is 0.508 e. The molecule has 140 valence electrons. The van der Waals surface area contributed by atoms with Gasteiger partial charge in [0, 0.05) is 35.2 Å². The summed E-state index contributed by atoms with van der Waals surface area (Å²) in [5, 5.41) is 20.5. The van der Waals surface area contributed by atoms with Crippen LogP contribution < -0.4 is 5.32 Å². The van der Waals surface area contributed by atoms with Crippen LogP contribution in [0.1, 0.15) is 40.4 Å². The summed E-state index contributed by atoms with van der Waals surface area (Å²) in [4.78, 5) is 12.7. The Morgan fingerprint density at radius 2 is 2.00 bits per heavy atom. The number of carbonyl (C=O) groups excluding carboxylic acids is 1. The van der Waals surface area contributed by atoms with Gasteiger partial charge in [-0.3, -0.25) is 9.89 Å². The number of phenolic OH excluding ortho intramolecular Hbond substituents is 1. The first-order valence-electron chi connectivity index (χ1n) is 8.76. The van der Waals surface area contributed by atoms with E-state index in [2.05, 4.69) is 15.5 Å². The van der Waals surface area contributed by atoms with Crippen LogP contribution in [0.2, 0.25) is 5.02 Å². The second kappa shape index (κ2) is 8.27. The number of aromatic nitrogens is 2. The predicted octanol–water partition coefficient (Wildman–Crippen LogP) is 4.22. The highest BCUT2D eigenvalue weighted by atomic mass is 35.5. The van der Waals surface area contributed by atoms with Crippen LogP contribution in [0.25, 0.3) is 0 Å². The number of rotatable bonds is 6. The zero-order valence-electron chi connectivity index (χ0n) is 15.3. The first kappa shape index (κ1) is 19.0. The van der Waals surface area contributed by atoms with Gasteiger partial charge in [0.1, 0.15) is 5.75 Å². The summed E-state index contributed by atoms with van der Waals surface area (Å²) in [5.74, 6) is -0.185. The first-order valence-corrected chi connectivity index (χ1v) is 9.14. The number of nitrogens with one attached hydrogen (secondary N) is 2. The van der Waals surface area contributed by atoms with Crippen LogP contribution in [0.5, 0.6) is 5.75 Å². The second-order valence-corrected chi connectivity index (χ2v) is 6.97. The Morgan fingerprint density at radius 3 is 2.67 bits per heavy atom. The van der Waals surface area contributed by atoms with Gasteiger partial charge in [-0.15, -0.1) is 0 Å². The van der Waals surface area contributed by atoms with Gasteiger partial charge in [-0.1, -0.05) is 41.9 Å². The molecule has 1 aromatic heterocycles. The zero-order valence-corrected chi connectivity index (χ0v) is 16.0. The van der Waals surface area contributed by atoms with Crippen LogP contribution in [-0.2, 0) is 11.3 Å². The minimum Gasteiger partial charge on any atom is -0.508 e. The van der Waals surface area contributed by atoms with Gasteiger partial charge in [-0.2, -0.15) is 5.10 Å². The number of aromatic amines is 1. The van der Waals surface area contributed by atoms with Crippen molar-refractivity contribution in [3.05, 3.63) is 81.6 Å². The Kier molecular flexibility index (Phi) is 5.81. The standard InChI is InChI=1S/C21H22ClN3O2/c1-13-19(14(2)25-24-13)12-23-21(27)11-18(15-6-5-7-16(26)10-15)17-8-3-4-9-20(17)22/h3-10,18,26H,11-12H2,1-2H3,(H,23,27)(H,24,25)/t18-/m0/s1. The number of hydrogen-bond donors (Lipinski definition) is 3. The van der Waals surface area contributed by atoms with Crippen molar-refractivity contribution in [2.24, 2.45) is 0 Å². The van der Waals surface area contributed by atoms with Gasteiger partial charge in [-0.05, 0) is 43.2 Å². The van der Waals surface area contributed by atoms with E-state index < -0.39 is 0 Å². The fourth-order valence-corrected chi connectivity index (χ4v) is 3.45. The van der Waals surface area contributed by atoms with E-state index in [1.54, 1.807) is 18.2 Å². The highest BCUT2D eigenvalue weighted by molar-refractivity contribution is 6.31. The lowest BCUT2D eigenvalue weighted by Crippen LogP contribution is -2.25. The molecule has 5 nitrogen and oxygen atoms in total. The van der Waals surface area contributed by atoms with E-state index in [4.69, 9.17) is 11.6 Å². The molecule has 1 amide bonds. The summed E-state index contributed by atoms with van der Waals surface area (Å²) in [6.45, 7) is 4.26. The molecule has 0 bridgehead atoms. The fraction of sp³-hybridized carbons (Fsp3) is 0.238. The van der Waals surface area contributed by atoms with E-state index in [0.717, 1.165) is 28.1 Å². The second-order valence-electron chi connectivity index (χ2n) is 6.56. The Balaban J connectivity index is 1.81. The Morgan fingerprint density at radius 1 is 1.22 bits per heavy atom. The van der Waals surface area contributed by atoms with E-state index in [0.29, 0.717) is 11.6 Å². The van der Waals surface area contributed by atoms with Gasteiger partial charge in [-0.25, -0.2) is 0 Å². The molecular weight excluding hydrogens is 362 g/mol. The van der Waals surface area contributed by atoms with Crippen molar-refractivity contribution < 1.29 is 9.90 Å². The maximum Gasteiger partial charge on any atom is 0.221 e. The lowest BCUT2D eigenvalue weighted by atomic mass is 9.88. The molecule has 0 spiro atoms. The molecule has 0 unspecified atom stereocenters. The van der Waals surface area contributed by atoms with Gasteiger partial charge in [0.15, 0.2) is 0 Å². The number of halogens is 1. The third-order valence-corrected chi connectivity index (χ3v) is 5.03. The van der Waals surface area contributed by atoms with E-state index in [9.17, 15) is 9.90 Å². The number of aromatic hydroxyl groups is 1. The molecule has 3 rings (SSSR count). The van der Waals surface area contributed by atoms with Crippen LogP contribution in [-0.4, -0.2) is 21.2 Å². The lowest BCUT2D eigenvalue weighted by molar-refractivity contribution is -0.121. The van der Waals surface area contributed by atoms with Crippen LogP contribution in [0.3, 0.4) is 0 Å². The Labute approximate surface area is 163 Å². The average molecular weight is 384 g/mol. The van der Waals surface area contributed by atoms with Crippen molar-refractivity contribution >= 4 is 17.5 Å². The highest BCUT2D eigenvalue weighted by Crippen LogP contribution is 2.34. The van der Waals surface area contributed by atoms with E-state index in [1.807, 2.05) is 44.2 Å². The van der Waals surface area contributed by atoms with Crippen molar-refractivity contribution in [1.82, 2.24) is 15.5 Å². The fourth-order valence-electron chi connectivity index (χ4n) is 3.19. The summed E-state index contributed by atoms with van der Waals surface area (Å²) < 4.78 is 0. The van der Waals surface area contributed by atoms with Crippen LogP contribution in [0.15, 0.2) is 48.5 Å². The van der Waals surface area contributed by atoms with Gasteiger partial charge >= 0.3 is 0 Å².